The third kappa shape index (κ3) is 2.03. The Labute approximate surface area is 116 Å². The van der Waals surface area contributed by atoms with Gasteiger partial charge in [-0.3, -0.25) is 9.78 Å². The molecule has 20 heavy (non-hydrogen) atoms. The number of carbonyl (C=O) groups is 1. The molecule has 0 atom stereocenters. The molecule has 0 unspecified atom stereocenters. The van der Waals surface area contributed by atoms with E-state index in [1.54, 1.807) is 20.0 Å². The van der Waals surface area contributed by atoms with Crippen molar-refractivity contribution in [2.75, 3.05) is 0 Å². The first-order chi connectivity index (χ1) is 9.47. The molecule has 0 saturated carbocycles. The van der Waals surface area contributed by atoms with Gasteiger partial charge < -0.3 is 10.1 Å². The molecule has 3 aromatic rings. The molecule has 102 valence electrons. The normalized spacial score (nSPS) is 12.1. The molecule has 1 aromatic carbocycles. The monoisotopic (exact) mass is 268 g/mol. The van der Waals surface area contributed by atoms with E-state index in [-0.39, 0.29) is 0 Å². The van der Waals surface area contributed by atoms with Crippen molar-refractivity contribution < 1.29 is 9.90 Å². The summed E-state index contributed by atoms with van der Waals surface area (Å²) in [6.07, 6.45) is 4.10. The minimum Gasteiger partial charge on any atom is -0.481 e. The van der Waals surface area contributed by atoms with Gasteiger partial charge in [0.1, 0.15) is 0 Å². The number of benzene rings is 1. The van der Waals surface area contributed by atoms with E-state index < -0.39 is 11.4 Å². The first-order valence-corrected chi connectivity index (χ1v) is 6.55. The number of aromatic nitrogens is 2. The molecule has 0 saturated heterocycles. The summed E-state index contributed by atoms with van der Waals surface area (Å²) in [7, 11) is 0. The fourth-order valence-corrected chi connectivity index (χ4v) is 2.49. The first kappa shape index (κ1) is 12.7. The Morgan fingerprint density at radius 2 is 2.05 bits per heavy atom. The second-order valence-electron chi connectivity index (χ2n) is 5.79. The number of pyridine rings is 1. The lowest BCUT2D eigenvalue weighted by Gasteiger charge is -2.18. The Morgan fingerprint density at radius 1 is 1.25 bits per heavy atom. The number of hydrogen-bond acceptors (Lipinski definition) is 2. The fraction of sp³-hybridized carbons (Fsp3) is 0.250. The van der Waals surface area contributed by atoms with E-state index in [2.05, 4.69) is 9.97 Å². The maximum Gasteiger partial charge on any atom is 0.309 e. The van der Waals surface area contributed by atoms with Gasteiger partial charge in [-0.1, -0.05) is 12.1 Å². The van der Waals surface area contributed by atoms with Crippen molar-refractivity contribution in [3.63, 3.8) is 0 Å². The summed E-state index contributed by atoms with van der Waals surface area (Å²) < 4.78 is 0. The summed E-state index contributed by atoms with van der Waals surface area (Å²) in [6.45, 7) is 3.49. The van der Waals surface area contributed by atoms with Crippen molar-refractivity contribution in [2.24, 2.45) is 5.41 Å². The average molecular weight is 268 g/mol. The van der Waals surface area contributed by atoms with E-state index in [0.717, 1.165) is 27.4 Å². The van der Waals surface area contributed by atoms with Crippen LogP contribution < -0.4 is 0 Å². The third-order valence-corrected chi connectivity index (χ3v) is 3.69. The largest absolute Gasteiger partial charge is 0.481 e. The summed E-state index contributed by atoms with van der Waals surface area (Å²) in [5.41, 5.74) is 2.32. The molecule has 0 aliphatic rings. The molecular weight excluding hydrogens is 252 g/mol. The van der Waals surface area contributed by atoms with Crippen LogP contribution in [0.25, 0.3) is 21.8 Å². The predicted molar refractivity (Wildman–Crippen MR) is 78.7 cm³/mol. The SMILES string of the molecule is CC(C)(Cc1ccc2c(c1)[nH]c1ccncc12)C(=O)O. The zero-order valence-corrected chi connectivity index (χ0v) is 11.5. The summed E-state index contributed by atoms with van der Waals surface area (Å²) in [5.74, 6) is -0.779. The first-order valence-electron chi connectivity index (χ1n) is 6.55. The maximum atomic E-state index is 11.2. The summed E-state index contributed by atoms with van der Waals surface area (Å²) in [6, 6.07) is 7.99. The number of hydrogen-bond donors (Lipinski definition) is 2. The number of rotatable bonds is 3. The molecule has 4 heteroatoms. The molecule has 0 amide bonds. The van der Waals surface area contributed by atoms with E-state index in [0.29, 0.717) is 6.42 Å². The van der Waals surface area contributed by atoms with Crippen LogP contribution in [0.2, 0.25) is 0 Å². The lowest BCUT2D eigenvalue weighted by molar-refractivity contribution is -0.146. The smallest absolute Gasteiger partial charge is 0.309 e. The van der Waals surface area contributed by atoms with Crippen molar-refractivity contribution in [1.29, 1.82) is 0 Å². The number of carboxylic acids is 1. The molecule has 4 nitrogen and oxygen atoms in total. The molecule has 0 aliphatic heterocycles. The number of carboxylic acid groups (broad SMARTS) is 1. The molecule has 0 radical (unpaired) electrons. The van der Waals surface area contributed by atoms with Crippen LogP contribution in [-0.4, -0.2) is 21.0 Å². The van der Waals surface area contributed by atoms with Crippen molar-refractivity contribution in [3.05, 3.63) is 42.2 Å². The van der Waals surface area contributed by atoms with E-state index in [9.17, 15) is 9.90 Å². The quantitative estimate of drug-likeness (QED) is 0.765. The summed E-state index contributed by atoms with van der Waals surface area (Å²) in [4.78, 5) is 18.7. The maximum absolute atomic E-state index is 11.2. The van der Waals surface area contributed by atoms with Gasteiger partial charge in [0.15, 0.2) is 0 Å². The van der Waals surface area contributed by atoms with Gasteiger partial charge in [-0.15, -0.1) is 0 Å². The van der Waals surface area contributed by atoms with Crippen molar-refractivity contribution >= 4 is 27.8 Å². The highest BCUT2D eigenvalue weighted by atomic mass is 16.4. The lowest BCUT2D eigenvalue weighted by Crippen LogP contribution is -2.26. The number of aromatic amines is 1. The highest BCUT2D eigenvalue weighted by molar-refractivity contribution is 6.06. The Morgan fingerprint density at radius 3 is 2.80 bits per heavy atom. The van der Waals surface area contributed by atoms with E-state index in [1.807, 2.05) is 30.5 Å². The van der Waals surface area contributed by atoms with Gasteiger partial charge in [0.05, 0.1) is 5.41 Å². The molecular formula is C16H16N2O2. The molecule has 3 rings (SSSR count). The van der Waals surface area contributed by atoms with Gasteiger partial charge in [0.2, 0.25) is 0 Å². The molecule has 2 aromatic heterocycles. The van der Waals surface area contributed by atoms with Crippen molar-refractivity contribution in [3.8, 4) is 0 Å². The Kier molecular flexibility index (Phi) is 2.74. The fourth-order valence-electron chi connectivity index (χ4n) is 2.49. The topological polar surface area (TPSA) is 66.0 Å². The molecule has 2 heterocycles. The lowest BCUT2D eigenvalue weighted by atomic mass is 9.86. The zero-order valence-electron chi connectivity index (χ0n) is 11.5. The predicted octanol–water partition coefficient (Wildman–Crippen LogP) is 3.37. The minimum absolute atomic E-state index is 0.506. The molecule has 0 spiro atoms. The standard InChI is InChI=1S/C16H16N2O2/c1-16(2,15(19)20)8-10-3-4-11-12-9-17-6-5-13(12)18-14(11)7-10/h3-7,9,18H,8H2,1-2H3,(H,19,20). The van der Waals surface area contributed by atoms with Crippen LogP contribution in [0.5, 0.6) is 0 Å². The van der Waals surface area contributed by atoms with Crippen LogP contribution >= 0.6 is 0 Å². The van der Waals surface area contributed by atoms with E-state index in [1.165, 1.54) is 0 Å². The van der Waals surface area contributed by atoms with Crippen LogP contribution in [0.15, 0.2) is 36.7 Å². The van der Waals surface area contributed by atoms with Crippen LogP contribution in [-0.2, 0) is 11.2 Å². The Balaban J connectivity index is 2.07. The van der Waals surface area contributed by atoms with Crippen LogP contribution in [0.3, 0.4) is 0 Å². The number of nitrogens with zero attached hydrogens (tertiary/aromatic N) is 1. The van der Waals surface area contributed by atoms with Gasteiger partial charge in [0.25, 0.3) is 0 Å². The van der Waals surface area contributed by atoms with Crippen LogP contribution in [0.4, 0.5) is 0 Å². The Bertz CT molecular complexity index is 802. The molecule has 0 bridgehead atoms. The third-order valence-electron chi connectivity index (χ3n) is 3.69. The number of H-pyrrole nitrogens is 1. The van der Waals surface area contributed by atoms with Crippen LogP contribution in [0, 0.1) is 5.41 Å². The van der Waals surface area contributed by atoms with E-state index in [4.69, 9.17) is 0 Å². The number of nitrogens with one attached hydrogen (secondary N) is 1. The van der Waals surface area contributed by atoms with Crippen molar-refractivity contribution in [1.82, 2.24) is 9.97 Å². The van der Waals surface area contributed by atoms with E-state index >= 15 is 0 Å². The Hall–Kier alpha value is -2.36. The minimum atomic E-state index is -0.779. The van der Waals surface area contributed by atoms with Gasteiger partial charge >= 0.3 is 5.97 Å². The zero-order chi connectivity index (χ0) is 14.3. The highest BCUT2D eigenvalue weighted by Crippen LogP contribution is 2.28. The average Bonchev–Trinajstić information content (AvgIpc) is 2.75. The highest BCUT2D eigenvalue weighted by Gasteiger charge is 2.27. The van der Waals surface area contributed by atoms with Gasteiger partial charge in [0, 0.05) is 34.2 Å². The van der Waals surface area contributed by atoms with Gasteiger partial charge in [-0.05, 0) is 38.0 Å². The van der Waals surface area contributed by atoms with Crippen LogP contribution in [0.1, 0.15) is 19.4 Å². The molecule has 2 N–H and O–H groups in total. The second kappa shape index (κ2) is 4.34. The van der Waals surface area contributed by atoms with Gasteiger partial charge in [-0.2, -0.15) is 0 Å². The second-order valence-corrected chi connectivity index (χ2v) is 5.79. The summed E-state index contributed by atoms with van der Waals surface area (Å²) in [5, 5.41) is 11.4. The van der Waals surface area contributed by atoms with Gasteiger partial charge in [-0.25, -0.2) is 0 Å². The number of fused-ring (bicyclic) bond motifs is 3. The molecule has 0 fully saturated rings. The molecule has 0 aliphatic carbocycles. The summed E-state index contributed by atoms with van der Waals surface area (Å²) >= 11 is 0. The number of aliphatic carboxylic acids is 1. The van der Waals surface area contributed by atoms with Crippen molar-refractivity contribution in [2.45, 2.75) is 20.3 Å².